The molecule has 0 saturated carbocycles. The molecule has 0 fully saturated rings. The summed E-state index contributed by atoms with van der Waals surface area (Å²) in [6, 6.07) is 15.9. The van der Waals surface area contributed by atoms with Crippen molar-refractivity contribution in [2.75, 3.05) is 19.5 Å². The molecule has 2 aromatic carbocycles. The predicted molar refractivity (Wildman–Crippen MR) is 73.3 cm³/mol. The SMILES string of the molecule is COc1ccc(CNc2ccccc2)c(OC)c1. The molecule has 0 unspecified atom stereocenters. The van der Waals surface area contributed by atoms with Crippen molar-refractivity contribution in [3.63, 3.8) is 0 Å². The molecule has 0 spiro atoms. The number of ether oxygens (including phenoxy) is 2. The van der Waals surface area contributed by atoms with Gasteiger partial charge in [0.05, 0.1) is 14.2 Å². The zero-order chi connectivity index (χ0) is 12.8. The van der Waals surface area contributed by atoms with Crippen molar-refractivity contribution in [1.82, 2.24) is 0 Å². The molecule has 0 atom stereocenters. The lowest BCUT2D eigenvalue weighted by molar-refractivity contribution is 0.391. The fourth-order valence-corrected chi connectivity index (χ4v) is 1.75. The normalized spacial score (nSPS) is 9.89. The van der Waals surface area contributed by atoms with Crippen LogP contribution in [0.25, 0.3) is 0 Å². The van der Waals surface area contributed by atoms with E-state index in [0.29, 0.717) is 0 Å². The third-order valence-corrected chi connectivity index (χ3v) is 2.75. The van der Waals surface area contributed by atoms with E-state index < -0.39 is 0 Å². The summed E-state index contributed by atoms with van der Waals surface area (Å²) in [6.45, 7) is 0.719. The molecule has 0 radical (unpaired) electrons. The van der Waals surface area contributed by atoms with Crippen LogP contribution in [0, 0.1) is 0 Å². The number of para-hydroxylation sites is 1. The van der Waals surface area contributed by atoms with Crippen LogP contribution in [-0.2, 0) is 6.54 Å². The van der Waals surface area contributed by atoms with E-state index >= 15 is 0 Å². The second-order valence-corrected chi connectivity index (χ2v) is 3.90. The molecule has 0 heterocycles. The summed E-state index contributed by atoms with van der Waals surface area (Å²) in [7, 11) is 3.32. The highest BCUT2D eigenvalue weighted by Gasteiger charge is 2.04. The van der Waals surface area contributed by atoms with Gasteiger partial charge in [0.25, 0.3) is 0 Å². The number of methoxy groups -OCH3 is 2. The van der Waals surface area contributed by atoms with Crippen LogP contribution in [0.2, 0.25) is 0 Å². The lowest BCUT2D eigenvalue weighted by Crippen LogP contribution is -2.01. The average molecular weight is 243 g/mol. The van der Waals surface area contributed by atoms with Crippen LogP contribution in [0.5, 0.6) is 11.5 Å². The van der Waals surface area contributed by atoms with Crippen LogP contribution in [0.3, 0.4) is 0 Å². The summed E-state index contributed by atoms with van der Waals surface area (Å²) in [5, 5.41) is 3.35. The van der Waals surface area contributed by atoms with Crippen LogP contribution in [0.1, 0.15) is 5.56 Å². The van der Waals surface area contributed by atoms with Crippen molar-refractivity contribution in [3.05, 3.63) is 54.1 Å². The zero-order valence-electron chi connectivity index (χ0n) is 10.6. The highest BCUT2D eigenvalue weighted by atomic mass is 16.5. The molecule has 18 heavy (non-hydrogen) atoms. The molecule has 0 aliphatic rings. The number of benzene rings is 2. The van der Waals surface area contributed by atoms with Gasteiger partial charge in [0.2, 0.25) is 0 Å². The highest BCUT2D eigenvalue weighted by Crippen LogP contribution is 2.25. The summed E-state index contributed by atoms with van der Waals surface area (Å²) < 4.78 is 10.5. The Kier molecular flexibility index (Phi) is 4.07. The number of nitrogens with one attached hydrogen (secondary N) is 1. The van der Waals surface area contributed by atoms with Crippen molar-refractivity contribution >= 4 is 5.69 Å². The van der Waals surface area contributed by atoms with Gasteiger partial charge in [-0.3, -0.25) is 0 Å². The van der Waals surface area contributed by atoms with Gasteiger partial charge >= 0.3 is 0 Å². The summed E-state index contributed by atoms with van der Waals surface area (Å²) >= 11 is 0. The summed E-state index contributed by atoms with van der Waals surface area (Å²) in [5.41, 5.74) is 2.19. The van der Waals surface area contributed by atoms with Gasteiger partial charge in [0.1, 0.15) is 11.5 Å². The van der Waals surface area contributed by atoms with Gasteiger partial charge in [0.15, 0.2) is 0 Å². The second-order valence-electron chi connectivity index (χ2n) is 3.90. The molecular weight excluding hydrogens is 226 g/mol. The van der Waals surface area contributed by atoms with Gasteiger partial charge in [-0.1, -0.05) is 18.2 Å². The minimum atomic E-state index is 0.719. The molecule has 0 aliphatic carbocycles. The smallest absolute Gasteiger partial charge is 0.127 e. The third kappa shape index (κ3) is 2.94. The van der Waals surface area contributed by atoms with Crippen molar-refractivity contribution in [2.24, 2.45) is 0 Å². The quantitative estimate of drug-likeness (QED) is 0.873. The Labute approximate surface area is 107 Å². The van der Waals surface area contributed by atoms with Crippen LogP contribution in [-0.4, -0.2) is 14.2 Å². The minimum Gasteiger partial charge on any atom is -0.497 e. The molecule has 3 nitrogen and oxygen atoms in total. The minimum absolute atomic E-state index is 0.719. The molecule has 0 aromatic heterocycles. The highest BCUT2D eigenvalue weighted by molar-refractivity contribution is 5.46. The van der Waals surface area contributed by atoms with Crippen molar-refractivity contribution < 1.29 is 9.47 Å². The molecule has 3 heteroatoms. The Morgan fingerprint density at radius 3 is 2.39 bits per heavy atom. The number of hydrogen-bond acceptors (Lipinski definition) is 3. The van der Waals surface area contributed by atoms with Gasteiger partial charge in [-0.15, -0.1) is 0 Å². The third-order valence-electron chi connectivity index (χ3n) is 2.75. The standard InChI is InChI=1S/C15H17NO2/c1-17-14-9-8-12(15(10-14)18-2)11-16-13-6-4-3-5-7-13/h3-10,16H,11H2,1-2H3. The molecule has 0 saturated heterocycles. The van der Waals surface area contributed by atoms with E-state index in [1.165, 1.54) is 0 Å². The molecule has 0 aliphatic heterocycles. The topological polar surface area (TPSA) is 30.5 Å². The van der Waals surface area contributed by atoms with Crippen molar-refractivity contribution in [3.8, 4) is 11.5 Å². The Balaban J connectivity index is 2.09. The first-order valence-electron chi connectivity index (χ1n) is 5.83. The molecule has 94 valence electrons. The predicted octanol–water partition coefficient (Wildman–Crippen LogP) is 3.32. The average Bonchev–Trinajstić information content (AvgIpc) is 2.46. The first kappa shape index (κ1) is 12.3. The molecule has 2 aromatic rings. The lowest BCUT2D eigenvalue weighted by atomic mass is 10.2. The van der Waals surface area contributed by atoms with Gasteiger partial charge in [0, 0.05) is 23.9 Å². The van der Waals surface area contributed by atoms with Crippen molar-refractivity contribution in [2.45, 2.75) is 6.54 Å². The van der Waals surface area contributed by atoms with Crippen LogP contribution >= 0.6 is 0 Å². The van der Waals surface area contributed by atoms with E-state index in [4.69, 9.17) is 9.47 Å². The summed E-state index contributed by atoms with van der Waals surface area (Å²) in [5.74, 6) is 1.63. The van der Waals surface area contributed by atoms with E-state index in [9.17, 15) is 0 Å². The fraction of sp³-hybridized carbons (Fsp3) is 0.200. The fourth-order valence-electron chi connectivity index (χ4n) is 1.75. The van der Waals surface area contributed by atoms with Crippen LogP contribution in [0.4, 0.5) is 5.69 Å². The first-order valence-corrected chi connectivity index (χ1v) is 5.83. The number of anilines is 1. The maximum Gasteiger partial charge on any atom is 0.127 e. The Bertz CT molecular complexity index is 497. The zero-order valence-corrected chi connectivity index (χ0v) is 10.6. The van der Waals surface area contributed by atoms with E-state index in [2.05, 4.69) is 5.32 Å². The Morgan fingerprint density at radius 1 is 0.944 bits per heavy atom. The Morgan fingerprint density at radius 2 is 1.72 bits per heavy atom. The lowest BCUT2D eigenvalue weighted by Gasteiger charge is -2.12. The van der Waals surface area contributed by atoms with Gasteiger partial charge in [-0.05, 0) is 24.3 Å². The van der Waals surface area contributed by atoms with Gasteiger partial charge < -0.3 is 14.8 Å². The second kappa shape index (κ2) is 5.96. The van der Waals surface area contributed by atoms with E-state index in [1.54, 1.807) is 14.2 Å². The number of rotatable bonds is 5. The van der Waals surface area contributed by atoms with Gasteiger partial charge in [-0.25, -0.2) is 0 Å². The van der Waals surface area contributed by atoms with E-state index in [-0.39, 0.29) is 0 Å². The molecule has 2 rings (SSSR count). The molecule has 0 amide bonds. The van der Waals surface area contributed by atoms with E-state index in [0.717, 1.165) is 29.3 Å². The van der Waals surface area contributed by atoms with Crippen molar-refractivity contribution in [1.29, 1.82) is 0 Å². The molecule has 0 bridgehead atoms. The number of hydrogen-bond donors (Lipinski definition) is 1. The first-order chi connectivity index (χ1) is 8.83. The summed E-state index contributed by atoms with van der Waals surface area (Å²) in [6.07, 6.45) is 0. The maximum absolute atomic E-state index is 5.36. The van der Waals surface area contributed by atoms with Crippen LogP contribution in [0.15, 0.2) is 48.5 Å². The van der Waals surface area contributed by atoms with E-state index in [1.807, 2.05) is 48.5 Å². The molecule has 1 N–H and O–H groups in total. The Hall–Kier alpha value is -2.16. The monoisotopic (exact) mass is 243 g/mol. The summed E-state index contributed by atoms with van der Waals surface area (Å²) in [4.78, 5) is 0. The largest absolute Gasteiger partial charge is 0.497 e. The van der Waals surface area contributed by atoms with Crippen LogP contribution < -0.4 is 14.8 Å². The van der Waals surface area contributed by atoms with Gasteiger partial charge in [-0.2, -0.15) is 0 Å². The molecular formula is C15H17NO2. The maximum atomic E-state index is 5.36.